The first kappa shape index (κ1) is 41.5. The Morgan fingerprint density at radius 2 is 0.509 bits per heavy atom. The molecular formula is C20F30O3. The minimum Gasteiger partial charge on any atom is -0.445 e. The number of carbonyl (C=O) groups is 1. The van der Waals surface area contributed by atoms with Crippen molar-refractivity contribution in [3.63, 3.8) is 0 Å². The fraction of sp³-hybridized carbons (Fsp3) is 0.950. The van der Waals surface area contributed by atoms with E-state index in [1.54, 1.807) is 0 Å². The molecule has 0 aromatic heterocycles. The van der Waals surface area contributed by atoms with E-state index in [0.717, 1.165) is 0 Å². The van der Waals surface area contributed by atoms with Crippen LogP contribution in [-0.2, 0) is 14.3 Å². The van der Waals surface area contributed by atoms with Gasteiger partial charge in [-0.05, 0) is 0 Å². The van der Waals surface area contributed by atoms with Gasteiger partial charge in [0.15, 0.2) is 0 Å². The minimum atomic E-state index is -10.3. The Kier molecular flexibility index (Phi) is 6.67. The molecule has 3 aliphatic carbocycles. The van der Waals surface area contributed by atoms with E-state index in [4.69, 9.17) is 0 Å². The summed E-state index contributed by atoms with van der Waals surface area (Å²) in [5, 5.41) is 0. The second-order valence-electron chi connectivity index (χ2n) is 11.9. The molecule has 5 aliphatic rings. The Balaban J connectivity index is 2.29. The third kappa shape index (κ3) is 2.67. The number of fused-ring (bicyclic) bond motifs is 6. The zero-order valence-corrected chi connectivity index (χ0v) is 22.6. The van der Waals surface area contributed by atoms with E-state index in [-0.39, 0.29) is 0 Å². The lowest BCUT2D eigenvalue weighted by Gasteiger charge is -2.71. The lowest BCUT2D eigenvalue weighted by atomic mass is 9.44. The fourth-order valence-electron chi connectivity index (χ4n) is 6.94. The SMILES string of the molecule is O=C1OC2(C3(F)C(F)(F)C(F)(F)C(F)(F)C(F)(F)C3(F)OC3(F)C(F)(F)C(F)(F)C(F)(F)C(F)(F)C32F)C2(F)C(F)(F)C(F)(F)C(F)(F)C(F)(F)C12F. The molecule has 6 atom stereocenters. The van der Waals surface area contributed by atoms with Crippen molar-refractivity contribution in [3.8, 4) is 0 Å². The Morgan fingerprint density at radius 3 is 0.792 bits per heavy atom. The molecule has 33 heteroatoms. The van der Waals surface area contributed by atoms with Crippen LogP contribution in [0.1, 0.15) is 0 Å². The molecule has 0 bridgehead atoms. The van der Waals surface area contributed by atoms with E-state index >= 15 is 52.7 Å². The average molecular weight is 858 g/mol. The van der Waals surface area contributed by atoms with E-state index in [0.29, 0.717) is 0 Å². The Hall–Kier alpha value is -2.67. The summed E-state index contributed by atoms with van der Waals surface area (Å²) < 4.78 is 455. The molecule has 3 nitrogen and oxygen atoms in total. The van der Waals surface area contributed by atoms with E-state index in [2.05, 4.69) is 0 Å². The quantitative estimate of drug-likeness (QED) is 0.183. The van der Waals surface area contributed by atoms with Gasteiger partial charge in [-0.1, -0.05) is 0 Å². The van der Waals surface area contributed by atoms with Gasteiger partial charge in [-0.2, -0.15) is 105 Å². The highest BCUT2D eigenvalue weighted by Crippen LogP contribution is 2.89. The predicted octanol–water partition coefficient (Wildman–Crippen LogP) is 8.14. The molecule has 5 rings (SSSR count). The van der Waals surface area contributed by atoms with Crippen LogP contribution in [0.2, 0.25) is 0 Å². The molecular weight excluding hydrogens is 858 g/mol. The summed E-state index contributed by atoms with van der Waals surface area (Å²) in [7, 11) is 0. The topological polar surface area (TPSA) is 35.5 Å². The van der Waals surface area contributed by atoms with E-state index in [1.165, 1.54) is 4.74 Å². The third-order valence-electron chi connectivity index (χ3n) is 9.71. The van der Waals surface area contributed by atoms with Crippen molar-refractivity contribution < 1.29 is 146 Å². The first-order chi connectivity index (χ1) is 22.6. The van der Waals surface area contributed by atoms with Crippen LogP contribution in [0.3, 0.4) is 0 Å². The molecule has 2 heterocycles. The average Bonchev–Trinajstić information content (AvgIpc) is 3.17. The highest BCUT2D eigenvalue weighted by molar-refractivity contribution is 5.90. The standard InChI is InChI=1S/C20F30O3/c21-2-1(51)52-6(3(2,22)8(27,28)12(35,36)11(33,34)7(2,25)26)4(23)9(29,30)13(37,38)15(41,42)17(45,46)19(4,49)53-20(50)5(6,24)10(31,32)14(39,40)16(43,44)18(20,47)48. The Bertz CT molecular complexity index is 1630. The summed E-state index contributed by atoms with van der Waals surface area (Å²) in [6.07, 6.45) is 0. The number of esters is 1. The summed E-state index contributed by atoms with van der Waals surface area (Å²) in [6, 6.07) is 0. The lowest BCUT2D eigenvalue weighted by Crippen LogP contribution is -3.06. The first-order valence-corrected chi connectivity index (χ1v) is 12.2. The normalized spacial score (nSPS) is 50.3. The molecule has 0 radical (unpaired) electrons. The molecule has 2 saturated heterocycles. The van der Waals surface area contributed by atoms with Gasteiger partial charge in [0.1, 0.15) is 0 Å². The molecule has 2 aliphatic heterocycles. The fourth-order valence-corrected chi connectivity index (χ4v) is 6.94. The van der Waals surface area contributed by atoms with Crippen LogP contribution in [0, 0.1) is 0 Å². The van der Waals surface area contributed by atoms with Crippen molar-refractivity contribution in [2.24, 2.45) is 0 Å². The van der Waals surface area contributed by atoms with Crippen LogP contribution >= 0.6 is 0 Å². The Morgan fingerprint density at radius 1 is 0.283 bits per heavy atom. The van der Waals surface area contributed by atoms with Crippen molar-refractivity contribution >= 4 is 5.97 Å². The van der Waals surface area contributed by atoms with Gasteiger partial charge in [-0.25, -0.2) is 31.1 Å². The monoisotopic (exact) mass is 858 g/mol. The molecule has 0 N–H and O–H groups in total. The maximum Gasteiger partial charge on any atom is 0.384 e. The summed E-state index contributed by atoms with van der Waals surface area (Å²) in [5.74, 6) is -138. The van der Waals surface area contributed by atoms with Crippen LogP contribution in [0.25, 0.3) is 0 Å². The predicted molar refractivity (Wildman–Crippen MR) is 92.3 cm³/mol. The van der Waals surface area contributed by atoms with Gasteiger partial charge in [-0.3, -0.25) is 4.74 Å². The summed E-state index contributed by atoms with van der Waals surface area (Å²) >= 11 is 0. The van der Waals surface area contributed by atoms with Crippen LogP contribution in [-0.4, -0.2) is 117 Å². The number of carbonyl (C=O) groups excluding carboxylic acids is 1. The van der Waals surface area contributed by atoms with Crippen molar-refractivity contribution in [2.45, 2.75) is 111 Å². The van der Waals surface area contributed by atoms with Crippen molar-refractivity contribution in [1.29, 1.82) is 0 Å². The summed E-state index contributed by atoms with van der Waals surface area (Å²) in [6.45, 7) is 0. The smallest absolute Gasteiger partial charge is 0.384 e. The van der Waals surface area contributed by atoms with Crippen LogP contribution in [0.4, 0.5) is 132 Å². The molecule has 53 heavy (non-hydrogen) atoms. The zero-order valence-electron chi connectivity index (χ0n) is 22.6. The summed E-state index contributed by atoms with van der Waals surface area (Å²) in [4.78, 5) is 12.2. The second-order valence-corrected chi connectivity index (χ2v) is 11.9. The Labute approximate surface area is 264 Å². The van der Waals surface area contributed by atoms with Gasteiger partial charge in [0, 0.05) is 0 Å². The van der Waals surface area contributed by atoms with Gasteiger partial charge >= 0.3 is 94.4 Å². The van der Waals surface area contributed by atoms with Gasteiger partial charge in [-0.15, -0.1) is 0 Å². The highest BCUT2D eigenvalue weighted by Gasteiger charge is 3.23. The molecule has 6 unspecified atom stereocenters. The zero-order chi connectivity index (χ0) is 42.5. The molecule has 3 saturated carbocycles. The number of halogens is 30. The van der Waals surface area contributed by atoms with Gasteiger partial charge in [0.25, 0.3) is 17.0 Å². The molecule has 308 valence electrons. The van der Waals surface area contributed by atoms with Gasteiger partial charge < -0.3 is 4.74 Å². The largest absolute Gasteiger partial charge is 0.445 e. The number of ether oxygens (including phenoxy) is 2. The highest BCUT2D eigenvalue weighted by atomic mass is 19.4. The first-order valence-electron chi connectivity index (χ1n) is 12.2. The lowest BCUT2D eigenvalue weighted by molar-refractivity contribution is -0.627. The number of rotatable bonds is 0. The molecule has 5 fully saturated rings. The maximum absolute atomic E-state index is 16.8. The number of alkyl halides is 30. The van der Waals surface area contributed by atoms with Crippen LogP contribution in [0.5, 0.6) is 0 Å². The van der Waals surface area contributed by atoms with Crippen LogP contribution < -0.4 is 0 Å². The van der Waals surface area contributed by atoms with E-state index in [1.807, 2.05) is 4.74 Å². The van der Waals surface area contributed by atoms with E-state index < -0.39 is 117 Å². The maximum atomic E-state index is 16.8. The van der Waals surface area contributed by atoms with Gasteiger partial charge in [0.05, 0.1) is 0 Å². The molecule has 0 aromatic rings. The van der Waals surface area contributed by atoms with Gasteiger partial charge in [0.2, 0.25) is 5.60 Å². The van der Waals surface area contributed by atoms with Crippen LogP contribution in [0.15, 0.2) is 0 Å². The molecule has 0 aromatic carbocycles. The number of hydrogen-bond donors (Lipinski definition) is 0. The minimum absolute atomic E-state index is 1.41. The summed E-state index contributed by atoms with van der Waals surface area (Å²) in [5.41, 5.74) is -50.0. The van der Waals surface area contributed by atoms with E-state index in [9.17, 15) is 83.8 Å². The van der Waals surface area contributed by atoms with Crippen molar-refractivity contribution in [2.75, 3.05) is 0 Å². The third-order valence-corrected chi connectivity index (χ3v) is 9.71. The second kappa shape index (κ2) is 8.51. The van der Waals surface area contributed by atoms with Crippen molar-refractivity contribution in [3.05, 3.63) is 0 Å². The van der Waals surface area contributed by atoms with Crippen molar-refractivity contribution in [1.82, 2.24) is 0 Å². The molecule has 0 amide bonds. The number of hydrogen-bond acceptors (Lipinski definition) is 3. The molecule has 1 spiro atoms.